The first-order valence-electron chi connectivity index (χ1n) is 8.27. The molecule has 3 heterocycles. The van der Waals surface area contributed by atoms with E-state index in [2.05, 4.69) is 15.0 Å². The van der Waals surface area contributed by atoms with Crippen molar-refractivity contribution in [1.29, 1.82) is 0 Å². The summed E-state index contributed by atoms with van der Waals surface area (Å²) in [6, 6.07) is 0. The zero-order valence-corrected chi connectivity index (χ0v) is 16.2. The van der Waals surface area contributed by atoms with Crippen LogP contribution in [0.5, 0.6) is 0 Å². The molecule has 0 unspecified atom stereocenters. The van der Waals surface area contributed by atoms with Crippen molar-refractivity contribution in [3.63, 3.8) is 0 Å². The Balaban J connectivity index is 1.60. The molecule has 3 aromatic rings. The average molecular weight is 392 g/mol. The van der Waals surface area contributed by atoms with Crippen molar-refractivity contribution in [2.45, 2.75) is 48.4 Å². The van der Waals surface area contributed by atoms with Crippen molar-refractivity contribution in [1.82, 2.24) is 15.0 Å². The predicted molar refractivity (Wildman–Crippen MR) is 101 cm³/mol. The van der Waals surface area contributed by atoms with Crippen LogP contribution in [0.1, 0.15) is 35.9 Å². The van der Waals surface area contributed by atoms with Crippen LogP contribution in [0, 0.1) is 0 Å². The maximum absolute atomic E-state index is 11.6. The van der Waals surface area contributed by atoms with Crippen molar-refractivity contribution in [3.05, 3.63) is 27.8 Å². The highest BCUT2D eigenvalue weighted by molar-refractivity contribution is 8.01. The van der Waals surface area contributed by atoms with Crippen LogP contribution >= 0.6 is 34.4 Å². The van der Waals surface area contributed by atoms with E-state index in [4.69, 9.17) is 4.74 Å². The first-order valence-corrected chi connectivity index (χ1v) is 10.8. The van der Waals surface area contributed by atoms with E-state index in [-0.39, 0.29) is 12.4 Å². The van der Waals surface area contributed by atoms with Gasteiger partial charge in [-0.3, -0.25) is 4.79 Å². The fourth-order valence-electron chi connectivity index (χ4n) is 3.00. The largest absolute Gasteiger partial charge is 0.466 e. The highest BCUT2D eigenvalue weighted by Gasteiger charge is 2.21. The molecule has 0 saturated heterocycles. The SMILES string of the molecule is CCOC(=O)Cc1csc(Sc2ncnc3sc4c(c23)CCCC4)n1. The van der Waals surface area contributed by atoms with E-state index in [9.17, 15) is 4.79 Å². The van der Waals surface area contributed by atoms with Crippen LogP contribution in [0.2, 0.25) is 0 Å². The van der Waals surface area contributed by atoms with Crippen LogP contribution in [0.4, 0.5) is 0 Å². The summed E-state index contributed by atoms with van der Waals surface area (Å²) >= 11 is 4.91. The molecule has 0 saturated carbocycles. The molecule has 3 aromatic heterocycles. The first-order chi connectivity index (χ1) is 12.2. The minimum absolute atomic E-state index is 0.220. The Morgan fingerprint density at radius 1 is 1.32 bits per heavy atom. The van der Waals surface area contributed by atoms with Gasteiger partial charge in [0.1, 0.15) is 16.2 Å². The highest BCUT2D eigenvalue weighted by Crippen LogP contribution is 2.41. The molecule has 0 radical (unpaired) electrons. The van der Waals surface area contributed by atoms with Gasteiger partial charge in [-0.05, 0) is 49.9 Å². The maximum Gasteiger partial charge on any atom is 0.311 e. The van der Waals surface area contributed by atoms with E-state index in [1.807, 2.05) is 12.3 Å². The van der Waals surface area contributed by atoms with Crippen LogP contribution in [-0.4, -0.2) is 27.5 Å². The molecule has 130 valence electrons. The summed E-state index contributed by atoms with van der Waals surface area (Å²) in [6.45, 7) is 2.20. The Labute approximate surface area is 157 Å². The van der Waals surface area contributed by atoms with Crippen molar-refractivity contribution >= 4 is 50.6 Å². The standard InChI is InChI=1S/C17H17N3O2S3/c1-2-22-13(21)7-10-8-23-17(20-10)25-16-14-11-5-3-4-6-12(11)24-15(14)18-9-19-16/h8-9H,2-7H2,1H3. The number of aryl methyl sites for hydroxylation is 2. The number of fused-ring (bicyclic) bond motifs is 3. The molecule has 4 rings (SSSR count). The lowest BCUT2D eigenvalue weighted by Crippen LogP contribution is -2.07. The molecule has 8 heteroatoms. The lowest BCUT2D eigenvalue weighted by atomic mass is 9.97. The van der Waals surface area contributed by atoms with Gasteiger partial charge >= 0.3 is 5.97 Å². The van der Waals surface area contributed by atoms with E-state index < -0.39 is 0 Å². The number of esters is 1. The molecule has 1 aliphatic carbocycles. The van der Waals surface area contributed by atoms with Crippen LogP contribution in [-0.2, 0) is 28.8 Å². The molecule has 0 amide bonds. The second-order valence-electron chi connectivity index (χ2n) is 5.76. The molecule has 0 N–H and O–H groups in total. The van der Waals surface area contributed by atoms with E-state index in [0.29, 0.717) is 6.61 Å². The summed E-state index contributed by atoms with van der Waals surface area (Å²) in [4.78, 5) is 27.7. The highest BCUT2D eigenvalue weighted by atomic mass is 32.2. The minimum Gasteiger partial charge on any atom is -0.466 e. The summed E-state index contributed by atoms with van der Waals surface area (Å²) in [5.41, 5.74) is 2.18. The number of nitrogens with zero attached hydrogens (tertiary/aromatic N) is 3. The van der Waals surface area contributed by atoms with Gasteiger partial charge in [0.05, 0.1) is 18.7 Å². The number of hydrogen-bond donors (Lipinski definition) is 0. The number of carbonyl (C=O) groups excluding carboxylic acids is 1. The van der Waals surface area contributed by atoms with Crippen molar-refractivity contribution in [3.8, 4) is 0 Å². The van der Waals surface area contributed by atoms with Gasteiger partial charge in [-0.2, -0.15) is 0 Å². The smallest absolute Gasteiger partial charge is 0.311 e. The zero-order chi connectivity index (χ0) is 17.2. The fraction of sp³-hybridized carbons (Fsp3) is 0.412. The monoisotopic (exact) mass is 391 g/mol. The molecule has 5 nitrogen and oxygen atoms in total. The predicted octanol–water partition coefficient (Wildman–Crippen LogP) is 4.28. The molecule has 0 fully saturated rings. The van der Waals surface area contributed by atoms with Crippen LogP contribution in [0.3, 0.4) is 0 Å². The lowest BCUT2D eigenvalue weighted by Gasteiger charge is -2.11. The molecule has 25 heavy (non-hydrogen) atoms. The average Bonchev–Trinajstić information content (AvgIpc) is 3.19. The van der Waals surface area contributed by atoms with Crippen molar-refractivity contribution < 1.29 is 9.53 Å². The van der Waals surface area contributed by atoms with Gasteiger partial charge in [0.2, 0.25) is 0 Å². The van der Waals surface area contributed by atoms with Crippen LogP contribution in [0.25, 0.3) is 10.2 Å². The number of carbonyl (C=O) groups is 1. The Morgan fingerprint density at radius 2 is 2.20 bits per heavy atom. The van der Waals surface area contributed by atoms with Crippen molar-refractivity contribution in [2.75, 3.05) is 6.61 Å². The molecular weight excluding hydrogens is 374 g/mol. The Bertz CT molecular complexity index is 919. The zero-order valence-electron chi connectivity index (χ0n) is 13.8. The molecule has 0 bridgehead atoms. The minimum atomic E-state index is -0.235. The summed E-state index contributed by atoms with van der Waals surface area (Å²) < 4.78 is 5.88. The molecule has 1 aliphatic rings. The van der Waals surface area contributed by atoms with Gasteiger partial charge in [0.25, 0.3) is 0 Å². The van der Waals surface area contributed by atoms with Crippen LogP contribution < -0.4 is 0 Å². The van der Waals surface area contributed by atoms with Gasteiger partial charge in [0, 0.05) is 15.6 Å². The molecular formula is C17H17N3O2S3. The Hall–Kier alpha value is -1.51. The third kappa shape index (κ3) is 3.56. The fourth-order valence-corrected chi connectivity index (χ4v) is 6.16. The lowest BCUT2D eigenvalue weighted by molar-refractivity contribution is -0.142. The summed E-state index contributed by atoms with van der Waals surface area (Å²) in [5.74, 6) is -0.235. The number of hydrogen-bond acceptors (Lipinski definition) is 8. The molecule has 0 aromatic carbocycles. The maximum atomic E-state index is 11.6. The second kappa shape index (κ2) is 7.39. The van der Waals surface area contributed by atoms with Gasteiger partial charge in [-0.15, -0.1) is 22.7 Å². The van der Waals surface area contributed by atoms with Gasteiger partial charge in [0.15, 0.2) is 4.34 Å². The third-order valence-electron chi connectivity index (χ3n) is 4.06. The third-order valence-corrected chi connectivity index (χ3v) is 7.25. The number of thiazole rings is 1. The van der Waals surface area contributed by atoms with Crippen LogP contribution in [0.15, 0.2) is 21.1 Å². The van der Waals surface area contributed by atoms with E-state index in [1.165, 1.54) is 28.7 Å². The number of ether oxygens (including phenoxy) is 1. The number of thiophene rings is 1. The molecule has 0 atom stereocenters. The number of aromatic nitrogens is 3. The van der Waals surface area contributed by atoms with E-state index in [0.717, 1.165) is 32.7 Å². The van der Waals surface area contributed by atoms with E-state index in [1.54, 1.807) is 40.8 Å². The van der Waals surface area contributed by atoms with Gasteiger partial charge in [-0.25, -0.2) is 15.0 Å². The Morgan fingerprint density at radius 3 is 3.08 bits per heavy atom. The summed E-state index contributed by atoms with van der Waals surface area (Å²) in [5, 5.41) is 4.09. The molecule has 0 spiro atoms. The Kier molecular flexibility index (Phi) is 5.00. The normalized spacial score (nSPS) is 13.8. The van der Waals surface area contributed by atoms with E-state index >= 15 is 0 Å². The quantitative estimate of drug-likeness (QED) is 0.478. The summed E-state index contributed by atoms with van der Waals surface area (Å²) in [7, 11) is 0. The molecule has 0 aliphatic heterocycles. The van der Waals surface area contributed by atoms with Gasteiger partial charge < -0.3 is 4.74 Å². The number of rotatable bonds is 5. The summed E-state index contributed by atoms with van der Waals surface area (Å²) in [6.07, 6.45) is 6.62. The van der Waals surface area contributed by atoms with Gasteiger partial charge in [-0.1, -0.05) is 0 Å². The first kappa shape index (κ1) is 16.9. The van der Waals surface area contributed by atoms with Crippen molar-refractivity contribution in [2.24, 2.45) is 0 Å². The topological polar surface area (TPSA) is 65.0 Å². The second-order valence-corrected chi connectivity index (χ2v) is 8.94.